The summed E-state index contributed by atoms with van der Waals surface area (Å²) in [4.78, 5) is 25.6. The molecule has 3 N–H and O–H groups in total. The fourth-order valence-electron chi connectivity index (χ4n) is 3.31. The number of hydrogen-bond acceptors (Lipinski definition) is 4. The van der Waals surface area contributed by atoms with Crippen molar-refractivity contribution in [2.24, 2.45) is 0 Å². The molecule has 1 heterocycles. The van der Waals surface area contributed by atoms with Crippen LogP contribution in [0.25, 0.3) is 0 Å². The van der Waals surface area contributed by atoms with Gasteiger partial charge in [0.05, 0.1) is 6.54 Å². The molecule has 0 aromatic heterocycles. The highest BCUT2D eigenvalue weighted by Crippen LogP contribution is 2.27. The molecule has 0 spiro atoms. The molecule has 2 aromatic carbocycles. The Morgan fingerprint density at radius 2 is 1.75 bits per heavy atom. The van der Waals surface area contributed by atoms with Crippen LogP contribution in [0.1, 0.15) is 25.0 Å². The number of amides is 2. The molecule has 28 heavy (non-hydrogen) atoms. The fraction of sp³-hybridized carbons (Fsp3) is 0.333. The van der Waals surface area contributed by atoms with E-state index in [2.05, 4.69) is 46.0 Å². The number of likely N-dealkylation sites (N-methyl/N-ethyl adjacent to an activating group) is 1. The van der Waals surface area contributed by atoms with E-state index in [9.17, 15) is 9.59 Å². The second-order valence-electron chi connectivity index (χ2n) is 6.74. The molecule has 0 fully saturated rings. The first-order valence-corrected chi connectivity index (χ1v) is 9.29. The first-order valence-electron chi connectivity index (χ1n) is 9.29. The van der Waals surface area contributed by atoms with Gasteiger partial charge in [0.1, 0.15) is 0 Å². The number of anilines is 3. The van der Waals surface area contributed by atoms with Gasteiger partial charge in [-0.05, 0) is 48.4 Å². The second kappa shape index (κ2) is 10.1. The zero-order chi connectivity index (χ0) is 19.2. The highest BCUT2D eigenvalue weighted by Gasteiger charge is 2.16. The number of carbonyl (C=O) groups excluding carboxylic acids is 2. The normalized spacial score (nSPS) is 12.0. The van der Waals surface area contributed by atoms with Crippen molar-refractivity contribution in [3.8, 4) is 0 Å². The molecule has 6 nitrogen and oxygen atoms in total. The third-order valence-corrected chi connectivity index (χ3v) is 4.63. The van der Waals surface area contributed by atoms with Crippen molar-refractivity contribution in [2.75, 3.05) is 35.6 Å². The largest absolute Gasteiger partial charge is 0.384 e. The predicted molar refractivity (Wildman–Crippen MR) is 116 cm³/mol. The molecule has 150 valence electrons. The Balaban J connectivity index is 0.00000280. The standard InChI is InChI=1S/C21H26N4O2.ClH/c1-3-25(13-17-6-4-5-16-11-12-22-21(16)17)14-20(27)24-19-9-7-18(8-10-19)23-15(2)26;/h4-10,22H,3,11-14H2,1-2H3,(H,23,26)(H,24,27);1H. The van der Waals surface area contributed by atoms with Gasteiger partial charge in [0, 0.05) is 37.1 Å². The Bertz CT molecular complexity index is 824. The van der Waals surface area contributed by atoms with Gasteiger partial charge in [-0.2, -0.15) is 0 Å². The summed E-state index contributed by atoms with van der Waals surface area (Å²) in [5.41, 5.74) is 5.24. The van der Waals surface area contributed by atoms with Crippen molar-refractivity contribution in [3.05, 3.63) is 53.6 Å². The zero-order valence-electron chi connectivity index (χ0n) is 16.2. The Morgan fingerprint density at radius 3 is 2.39 bits per heavy atom. The number of benzene rings is 2. The van der Waals surface area contributed by atoms with E-state index in [0.717, 1.165) is 26.1 Å². The average Bonchev–Trinajstić information content (AvgIpc) is 3.12. The Hall–Kier alpha value is -2.57. The quantitative estimate of drug-likeness (QED) is 0.662. The fourth-order valence-corrected chi connectivity index (χ4v) is 3.31. The number of carbonyl (C=O) groups is 2. The van der Waals surface area contributed by atoms with Gasteiger partial charge >= 0.3 is 0 Å². The van der Waals surface area contributed by atoms with Crippen LogP contribution in [0.3, 0.4) is 0 Å². The van der Waals surface area contributed by atoms with E-state index in [4.69, 9.17) is 0 Å². The van der Waals surface area contributed by atoms with Gasteiger partial charge < -0.3 is 16.0 Å². The van der Waals surface area contributed by atoms with Gasteiger partial charge in [0.2, 0.25) is 11.8 Å². The smallest absolute Gasteiger partial charge is 0.238 e. The van der Waals surface area contributed by atoms with Crippen molar-refractivity contribution in [3.63, 3.8) is 0 Å². The summed E-state index contributed by atoms with van der Waals surface area (Å²) in [6.07, 6.45) is 1.06. The number of rotatable bonds is 7. The molecule has 7 heteroatoms. The monoisotopic (exact) mass is 402 g/mol. The number of nitrogens with one attached hydrogen (secondary N) is 3. The van der Waals surface area contributed by atoms with Gasteiger partial charge in [0.15, 0.2) is 0 Å². The predicted octanol–water partition coefficient (Wildman–Crippen LogP) is 3.50. The van der Waals surface area contributed by atoms with E-state index in [1.165, 1.54) is 23.7 Å². The van der Waals surface area contributed by atoms with Crippen molar-refractivity contribution < 1.29 is 9.59 Å². The molecular formula is C21H27ClN4O2. The van der Waals surface area contributed by atoms with Crippen molar-refractivity contribution in [1.29, 1.82) is 0 Å². The molecule has 0 radical (unpaired) electrons. The summed E-state index contributed by atoms with van der Waals surface area (Å²) >= 11 is 0. The topological polar surface area (TPSA) is 73.5 Å². The van der Waals surface area contributed by atoms with Crippen LogP contribution in [-0.4, -0.2) is 36.3 Å². The number of para-hydroxylation sites is 1. The maximum absolute atomic E-state index is 12.4. The van der Waals surface area contributed by atoms with Gasteiger partial charge in [-0.1, -0.05) is 25.1 Å². The molecule has 0 bridgehead atoms. The summed E-state index contributed by atoms with van der Waals surface area (Å²) in [6, 6.07) is 13.5. The van der Waals surface area contributed by atoms with Gasteiger partial charge in [-0.25, -0.2) is 0 Å². The minimum absolute atomic E-state index is 0. The van der Waals surface area contributed by atoms with Crippen LogP contribution in [0.2, 0.25) is 0 Å². The van der Waals surface area contributed by atoms with Crippen molar-refractivity contribution in [2.45, 2.75) is 26.8 Å². The number of fused-ring (bicyclic) bond motifs is 1. The maximum Gasteiger partial charge on any atom is 0.238 e. The zero-order valence-corrected chi connectivity index (χ0v) is 17.1. The Kier molecular flexibility index (Phi) is 7.84. The van der Waals surface area contributed by atoms with Crippen LogP contribution in [0.4, 0.5) is 17.1 Å². The first-order chi connectivity index (χ1) is 13.0. The highest BCUT2D eigenvalue weighted by atomic mass is 35.5. The summed E-state index contributed by atoms with van der Waals surface area (Å²) in [7, 11) is 0. The molecule has 0 atom stereocenters. The molecule has 2 aromatic rings. The first kappa shape index (κ1) is 21.7. The molecule has 0 saturated heterocycles. The highest BCUT2D eigenvalue weighted by molar-refractivity contribution is 5.93. The molecule has 0 unspecified atom stereocenters. The number of nitrogens with zero attached hydrogens (tertiary/aromatic N) is 1. The van der Waals surface area contributed by atoms with Crippen LogP contribution in [0.5, 0.6) is 0 Å². The molecule has 3 rings (SSSR count). The van der Waals surface area contributed by atoms with Crippen LogP contribution in [0.15, 0.2) is 42.5 Å². The van der Waals surface area contributed by atoms with Crippen LogP contribution in [-0.2, 0) is 22.6 Å². The van der Waals surface area contributed by atoms with E-state index in [0.29, 0.717) is 17.9 Å². The van der Waals surface area contributed by atoms with Gasteiger partial charge in [-0.15, -0.1) is 12.4 Å². The van der Waals surface area contributed by atoms with E-state index >= 15 is 0 Å². The lowest BCUT2D eigenvalue weighted by Crippen LogP contribution is -2.33. The second-order valence-corrected chi connectivity index (χ2v) is 6.74. The molecule has 1 aliphatic heterocycles. The van der Waals surface area contributed by atoms with Gasteiger partial charge in [-0.3, -0.25) is 14.5 Å². The minimum atomic E-state index is -0.118. The molecule has 1 aliphatic rings. The summed E-state index contributed by atoms with van der Waals surface area (Å²) in [6.45, 7) is 6.36. The third kappa shape index (κ3) is 5.71. The summed E-state index contributed by atoms with van der Waals surface area (Å²) < 4.78 is 0. The van der Waals surface area contributed by atoms with E-state index in [-0.39, 0.29) is 24.2 Å². The molecule has 0 saturated carbocycles. The van der Waals surface area contributed by atoms with Crippen LogP contribution < -0.4 is 16.0 Å². The van der Waals surface area contributed by atoms with Crippen LogP contribution in [0, 0.1) is 0 Å². The number of halogens is 1. The Labute approximate surface area is 172 Å². The van der Waals surface area contributed by atoms with Crippen molar-refractivity contribution in [1.82, 2.24) is 4.90 Å². The minimum Gasteiger partial charge on any atom is -0.384 e. The molecule has 0 aliphatic carbocycles. The van der Waals surface area contributed by atoms with Crippen LogP contribution >= 0.6 is 12.4 Å². The lowest BCUT2D eigenvalue weighted by atomic mass is 10.1. The third-order valence-electron chi connectivity index (χ3n) is 4.63. The lowest BCUT2D eigenvalue weighted by Gasteiger charge is -2.21. The lowest BCUT2D eigenvalue weighted by molar-refractivity contribution is -0.117. The van der Waals surface area contributed by atoms with Crippen molar-refractivity contribution >= 4 is 41.3 Å². The summed E-state index contributed by atoms with van der Waals surface area (Å²) in [5, 5.41) is 9.08. The Morgan fingerprint density at radius 1 is 1.07 bits per heavy atom. The van der Waals surface area contributed by atoms with E-state index < -0.39 is 0 Å². The molecule has 2 amide bonds. The van der Waals surface area contributed by atoms with E-state index in [1.54, 1.807) is 24.3 Å². The maximum atomic E-state index is 12.4. The van der Waals surface area contributed by atoms with E-state index in [1.807, 2.05) is 0 Å². The SMILES string of the molecule is CCN(CC(=O)Nc1ccc(NC(C)=O)cc1)Cc1cccc2c1NCC2.Cl. The molecular weight excluding hydrogens is 376 g/mol. The average molecular weight is 403 g/mol. The summed E-state index contributed by atoms with van der Waals surface area (Å²) in [5.74, 6) is -0.170. The number of hydrogen-bond donors (Lipinski definition) is 3. The van der Waals surface area contributed by atoms with Gasteiger partial charge in [0.25, 0.3) is 0 Å².